The van der Waals surface area contributed by atoms with E-state index in [1.807, 2.05) is 15.5 Å². The van der Waals surface area contributed by atoms with Gasteiger partial charge >= 0.3 is 101 Å². The van der Waals surface area contributed by atoms with E-state index in [0.29, 0.717) is 6.42 Å². The molecule has 70 valence electrons. The molecule has 13 heavy (non-hydrogen) atoms. The monoisotopic (exact) mass is 272 g/mol. The van der Waals surface area contributed by atoms with Gasteiger partial charge < -0.3 is 0 Å². The van der Waals surface area contributed by atoms with Crippen LogP contribution < -0.4 is 0 Å². The predicted molar refractivity (Wildman–Crippen MR) is 49.3 cm³/mol. The van der Waals surface area contributed by atoms with E-state index in [1.165, 1.54) is 7.11 Å². The maximum atomic E-state index is 10.8. The van der Waals surface area contributed by atoms with Gasteiger partial charge in [-0.2, -0.15) is 0 Å². The van der Waals surface area contributed by atoms with E-state index in [0.717, 1.165) is 10.7 Å². The summed E-state index contributed by atoms with van der Waals surface area (Å²) in [6, 6.07) is 0. The number of hydrogen-bond donors (Lipinski definition) is 0. The molecule has 0 bridgehead atoms. The van der Waals surface area contributed by atoms with Gasteiger partial charge in [-0.25, -0.2) is 0 Å². The van der Waals surface area contributed by atoms with E-state index in [1.54, 1.807) is 11.8 Å². The molecule has 0 heterocycles. The van der Waals surface area contributed by atoms with Crippen molar-refractivity contribution >= 4 is 27.2 Å². The summed E-state index contributed by atoms with van der Waals surface area (Å²) in [6.45, 7) is 0. The molecule has 0 fully saturated rings. The fourth-order valence-electron chi connectivity index (χ4n) is 0.556. The Kier molecular flexibility index (Phi) is 9.37. The molecule has 5 heteroatoms. The van der Waals surface area contributed by atoms with Gasteiger partial charge in [-0.15, -0.1) is 0 Å². The van der Waals surface area contributed by atoms with Crippen LogP contribution in [0.5, 0.6) is 0 Å². The third kappa shape index (κ3) is 7.53. The number of carbonyl (C=O) groups excluding carboxylic acids is 1. The number of esters is 1. The van der Waals surface area contributed by atoms with E-state index in [9.17, 15) is 4.79 Å². The van der Waals surface area contributed by atoms with E-state index in [2.05, 4.69) is 38.7 Å². The second kappa shape index (κ2) is 9.04. The molecule has 0 rings (SSSR count). The van der Waals surface area contributed by atoms with Crippen molar-refractivity contribution in [2.24, 2.45) is 0 Å². The fourth-order valence-corrected chi connectivity index (χ4v) is 2.20. The molecule has 0 N–H and O–H groups in total. The molecule has 0 aromatic rings. The van der Waals surface area contributed by atoms with E-state index in [4.69, 9.17) is 0 Å². The molecule has 0 unspecified atom stereocenters. The van der Waals surface area contributed by atoms with Crippen molar-refractivity contribution in [1.82, 2.24) is 0 Å². The van der Waals surface area contributed by atoms with Crippen LogP contribution in [0.1, 0.15) is 6.42 Å². The summed E-state index contributed by atoms with van der Waals surface area (Å²) in [7, 11) is 1.41. The van der Waals surface area contributed by atoms with Crippen LogP contribution in [-0.2, 0) is 43.5 Å². The van der Waals surface area contributed by atoms with Crippen molar-refractivity contribution in [3.63, 3.8) is 0 Å². The topological polar surface area (TPSA) is 26.3 Å². The molecule has 0 aliphatic heterocycles. The molecular formula is C8H10O2SV2. The van der Waals surface area contributed by atoms with Crippen molar-refractivity contribution in [2.75, 3.05) is 12.9 Å². The van der Waals surface area contributed by atoms with Gasteiger partial charge in [0.1, 0.15) is 0 Å². The first-order valence-electron chi connectivity index (χ1n) is 3.59. The van der Waals surface area contributed by atoms with Crippen LogP contribution in [0.15, 0.2) is 11.0 Å². The first-order valence-corrected chi connectivity index (χ1v) is 6.19. The van der Waals surface area contributed by atoms with Crippen LogP contribution in [0.2, 0.25) is 0 Å². The number of carbonyl (C=O) groups is 1. The molecule has 0 saturated heterocycles. The minimum absolute atomic E-state index is 0.159. The number of rotatable bonds is 6. The van der Waals surface area contributed by atoms with Crippen LogP contribution >= 0.6 is 11.8 Å². The van der Waals surface area contributed by atoms with Crippen LogP contribution in [-0.4, -0.2) is 28.3 Å². The second-order valence-electron chi connectivity index (χ2n) is 2.02. The average molecular weight is 272 g/mol. The fraction of sp³-hybridized carbons (Fsp3) is 0.375. The molecule has 0 atom stereocenters. The molecule has 0 amide bonds. The van der Waals surface area contributed by atoms with Gasteiger partial charge in [-0.3, -0.25) is 0 Å². The third-order valence-electron chi connectivity index (χ3n) is 1.17. The van der Waals surface area contributed by atoms with Gasteiger partial charge in [-0.1, -0.05) is 0 Å². The normalized spacial score (nSPS) is 10.5. The van der Waals surface area contributed by atoms with Crippen LogP contribution in [0, 0.1) is 0 Å². The summed E-state index contributed by atoms with van der Waals surface area (Å²) < 4.78 is 8.40. The van der Waals surface area contributed by atoms with Crippen LogP contribution in [0.4, 0.5) is 0 Å². The van der Waals surface area contributed by atoms with E-state index >= 15 is 0 Å². The third-order valence-corrected chi connectivity index (χ3v) is 3.11. The van der Waals surface area contributed by atoms with Gasteiger partial charge in [-0.05, 0) is 0 Å². The van der Waals surface area contributed by atoms with Crippen molar-refractivity contribution in [1.29, 1.82) is 0 Å². The second-order valence-corrected chi connectivity index (χ2v) is 4.06. The standard InChI is InChI=1S/C8H10O2S.2V/c1-4-7(2)11-6-5-8(9)10-3;;/h1-2,4H,5-6H2,3H3;;/b7-4+;;. The van der Waals surface area contributed by atoms with Crippen molar-refractivity contribution in [3.8, 4) is 0 Å². The Bertz CT molecular complexity index is 226. The molecule has 0 aliphatic rings. The van der Waals surface area contributed by atoms with Gasteiger partial charge in [0.2, 0.25) is 0 Å². The Morgan fingerprint density at radius 3 is 2.69 bits per heavy atom. The minimum atomic E-state index is -0.159. The Hall–Kier alpha value is 0.469. The summed E-state index contributed by atoms with van der Waals surface area (Å²) in [4.78, 5) is 11.9. The summed E-state index contributed by atoms with van der Waals surface area (Å²) >= 11 is 6.42. The van der Waals surface area contributed by atoms with Crippen LogP contribution in [0.3, 0.4) is 0 Å². The summed E-state index contributed by atoms with van der Waals surface area (Å²) in [5.41, 5.74) is 0. The first-order chi connectivity index (χ1) is 6.24. The Morgan fingerprint density at radius 2 is 2.23 bits per heavy atom. The summed E-state index contributed by atoms with van der Waals surface area (Å²) in [5.74, 6) is 0.599. The zero-order chi connectivity index (χ0) is 10.1. The van der Waals surface area contributed by atoms with E-state index < -0.39 is 0 Å². The van der Waals surface area contributed by atoms with Gasteiger partial charge in [0.25, 0.3) is 0 Å². The SMILES string of the molecule is COC(=O)CCS/C([CH]=[V])=C/[CH]=[V]. The average Bonchev–Trinajstić information content (AvgIpc) is 2.16. The molecular weight excluding hydrogens is 262 g/mol. The number of ether oxygens (including phenoxy) is 1. The summed E-state index contributed by atoms with van der Waals surface area (Å²) in [6.07, 6.45) is 2.44. The Morgan fingerprint density at radius 1 is 1.54 bits per heavy atom. The zero-order valence-electron chi connectivity index (χ0n) is 7.27. The predicted octanol–water partition coefficient (Wildman–Crippen LogP) is 0.865. The summed E-state index contributed by atoms with van der Waals surface area (Å²) in [5, 5.41) is 0. The van der Waals surface area contributed by atoms with Crippen molar-refractivity contribution in [2.45, 2.75) is 6.42 Å². The van der Waals surface area contributed by atoms with E-state index in [-0.39, 0.29) is 5.97 Å². The number of thioether (sulfide) groups is 1. The maximum absolute atomic E-state index is 10.8. The van der Waals surface area contributed by atoms with Gasteiger partial charge in [0.15, 0.2) is 0 Å². The molecule has 0 saturated carbocycles. The van der Waals surface area contributed by atoms with Crippen molar-refractivity contribution in [3.05, 3.63) is 11.0 Å². The number of hydrogen-bond acceptors (Lipinski definition) is 3. The molecule has 0 radical (unpaired) electrons. The van der Waals surface area contributed by atoms with Crippen molar-refractivity contribution < 1.29 is 43.5 Å². The molecule has 0 aromatic carbocycles. The molecule has 0 aliphatic carbocycles. The van der Waals surface area contributed by atoms with Crippen LogP contribution in [0.25, 0.3) is 0 Å². The quantitative estimate of drug-likeness (QED) is 0.671. The Balaban J connectivity index is 3.73. The number of methoxy groups -OCH3 is 1. The Labute approximate surface area is 100 Å². The van der Waals surface area contributed by atoms with Gasteiger partial charge in [0.05, 0.1) is 0 Å². The molecule has 0 aromatic heterocycles. The first kappa shape index (κ1) is 13.5. The van der Waals surface area contributed by atoms with Gasteiger partial charge in [0, 0.05) is 0 Å². The molecule has 2 nitrogen and oxygen atoms in total. The number of allylic oxidation sites excluding steroid dienone is 2. The molecule has 0 spiro atoms. The zero-order valence-corrected chi connectivity index (χ0v) is 10.9.